The van der Waals surface area contributed by atoms with Gasteiger partial charge in [-0.05, 0) is 31.5 Å². The lowest BCUT2D eigenvalue weighted by Gasteiger charge is -2.12. The SMILES string of the molecule is Cc1[nH]nc2c1c(=O)n(CCCNC(=O)c1ccccc1F)c1ccccc21. The zero-order chi connectivity index (χ0) is 19.7. The molecular formula is C21H19FN4O2. The Morgan fingerprint density at radius 1 is 1.18 bits per heavy atom. The molecule has 0 atom stereocenters. The number of rotatable bonds is 5. The first-order chi connectivity index (χ1) is 13.6. The Morgan fingerprint density at radius 2 is 1.93 bits per heavy atom. The highest BCUT2D eigenvalue weighted by atomic mass is 19.1. The van der Waals surface area contributed by atoms with Crippen molar-refractivity contribution < 1.29 is 9.18 Å². The second-order valence-corrected chi connectivity index (χ2v) is 6.64. The number of pyridine rings is 1. The van der Waals surface area contributed by atoms with Gasteiger partial charge in [0.05, 0.1) is 16.5 Å². The minimum atomic E-state index is -0.553. The van der Waals surface area contributed by atoms with Crippen molar-refractivity contribution in [2.45, 2.75) is 19.9 Å². The fourth-order valence-electron chi connectivity index (χ4n) is 3.44. The largest absolute Gasteiger partial charge is 0.352 e. The van der Waals surface area contributed by atoms with Crippen molar-refractivity contribution in [1.82, 2.24) is 20.1 Å². The van der Waals surface area contributed by atoms with Gasteiger partial charge in [0.2, 0.25) is 0 Å². The van der Waals surface area contributed by atoms with Crippen LogP contribution in [0.25, 0.3) is 21.8 Å². The van der Waals surface area contributed by atoms with Crippen molar-refractivity contribution in [3.8, 4) is 0 Å². The van der Waals surface area contributed by atoms with Gasteiger partial charge < -0.3 is 9.88 Å². The number of carbonyl (C=O) groups excluding carboxylic acids is 1. The molecule has 0 bridgehead atoms. The summed E-state index contributed by atoms with van der Waals surface area (Å²) in [7, 11) is 0. The standard InChI is InChI=1S/C21H19FN4O2/c1-13-18-19(25-24-13)15-8-3-5-10-17(15)26(21(18)28)12-6-11-23-20(27)14-7-2-4-9-16(14)22/h2-5,7-10H,6,11-12H2,1H3,(H,23,27)(H,24,25). The van der Waals surface area contributed by atoms with E-state index in [0.717, 1.165) is 16.6 Å². The number of H-pyrrole nitrogens is 1. The van der Waals surface area contributed by atoms with Crippen LogP contribution in [0.2, 0.25) is 0 Å². The second kappa shape index (κ2) is 7.26. The van der Waals surface area contributed by atoms with Crippen LogP contribution < -0.4 is 10.9 Å². The summed E-state index contributed by atoms with van der Waals surface area (Å²) in [6.07, 6.45) is 0.534. The van der Waals surface area contributed by atoms with Gasteiger partial charge in [0, 0.05) is 24.2 Å². The van der Waals surface area contributed by atoms with E-state index in [1.807, 2.05) is 31.2 Å². The molecule has 0 aliphatic heterocycles. The minimum absolute atomic E-state index is 0.0144. The molecule has 0 aliphatic rings. The summed E-state index contributed by atoms with van der Waals surface area (Å²) in [6, 6.07) is 13.5. The zero-order valence-electron chi connectivity index (χ0n) is 15.3. The number of amides is 1. The molecule has 0 unspecified atom stereocenters. The quantitative estimate of drug-likeness (QED) is 0.524. The summed E-state index contributed by atoms with van der Waals surface area (Å²) in [4.78, 5) is 25.1. The number of fused-ring (bicyclic) bond motifs is 3. The molecule has 0 fully saturated rings. The molecule has 6 nitrogen and oxygen atoms in total. The van der Waals surface area contributed by atoms with Gasteiger partial charge in [-0.25, -0.2) is 4.39 Å². The molecule has 4 aromatic rings. The number of benzene rings is 2. The molecule has 0 spiro atoms. The number of nitrogens with one attached hydrogen (secondary N) is 2. The molecule has 2 aromatic carbocycles. The lowest BCUT2D eigenvalue weighted by molar-refractivity contribution is 0.0948. The van der Waals surface area contributed by atoms with Crippen LogP contribution in [0.5, 0.6) is 0 Å². The van der Waals surface area contributed by atoms with E-state index < -0.39 is 11.7 Å². The van der Waals surface area contributed by atoms with Gasteiger partial charge in [-0.1, -0.05) is 30.3 Å². The fraction of sp³-hybridized carbons (Fsp3) is 0.190. The van der Waals surface area contributed by atoms with E-state index in [2.05, 4.69) is 15.5 Å². The normalized spacial score (nSPS) is 11.2. The summed E-state index contributed by atoms with van der Waals surface area (Å²) in [5.74, 6) is -1.01. The number of aromatic nitrogens is 3. The average molecular weight is 378 g/mol. The van der Waals surface area contributed by atoms with Gasteiger partial charge in [-0.3, -0.25) is 14.7 Å². The first-order valence-corrected chi connectivity index (χ1v) is 9.07. The maximum atomic E-state index is 13.7. The van der Waals surface area contributed by atoms with Crippen LogP contribution in [0, 0.1) is 12.7 Å². The molecule has 1 amide bonds. The van der Waals surface area contributed by atoms with Crippen LogP contribution in [0.1, 0.15) is 22.5 Å². The number of aryl methyl sites for hydroxylation is 2. The first kappa shape index (κ1) is 17.9. The Balaban J connectivity index is 1.56. The van der Waals surface area contributed by atoms with E-state index in [1.54, 1.807) is 10.6 Å². The van der Waals surface area contributed by atoms with Gasteiger partial charge in [0.15, 0.2) is 0 Å². The average Bonchev–Trinajstić information content (AvgIpc) is 3.09. The molecule has 2 N–H and O–H groups in total. The summed E-state index contributed by atoms with van der Waals surface area (Å²) in [6.45, 7) is 2.58. The summed E-state index contributed by atoms with van der Waals surface area (Å²) >= 11 is 0. The Hall–Kier alpha value is -3.48. The van der Waals surface area contributed by atoms with Crippen molar-refractivity contribution in [2.75, 3.05) is 6.54 Å². The molecule has 2 aromatic heterocycles. The number of halogens is 1. The van der Waals surface area contributed by atoms with E-state index >= 15 is 0 Å². The topological polar surface area (TPSA) is 79.8 Å². The monoisotopic (exact) mass is 378 g/mol. The molecule has 142 valence electrons. The number of aromatic amines is 1. The Morgan fingerprint density at radius 3 is 2.75 bits per heavy atom. The second-order valence-electron chi connectivity index (χ2n) is 6.64. The van der Waals surface area contributed by atoms with Gasteiger partial charge in [0.25, 0.3) is 11.5 Å². The molecular weight excluding hydrogens is 359 g/mol. The molecule has 4 rings (SSSR count). The van der Waals surface area contributed by atoms with Crippen molar-refractivity contribution in [3.63, 3.8) is 0 Å². The summed E-state index contributed by atoms with van der Waals surface area (Å²) in [5.41, 5.74) is 2.10. The van der Waals surface area contributed by atoms with Crippen molar-refractivity contribution in [3.05, 3.63) is 76.0 Å². The van der Waals surface area contributed by atoms with Crippen LogP contribution in [-0.4, -0.2) is 27.2 Å². The van der Waals surface area contributed by atoms with Crippen LogP contribution >= 0.6 is 0 Å². The smallest absolute Gasteiger partial charge is 0.262 e. The van der Waals surface area contributed by atoms with Gasteiger partial charge in [0.1, 0.15) is 11.3 Å². The predicted octanol–water partition coefficient (Wildman–Crippen LogP) is 3.15. The third-order valence-electron chi connectivity index (χ3n) is 4.82. The fourth-order valence-corrected chi connectivity index (χ4v) is 3.44. The Labute approximate surface area is 160 Å². The molecule has 0 radical (unpaired) electrons. The van der Waals surface area contributed by atoms with E-state index in [1.165, 1.54) is 18.2 Å². The summed E-state index contributed by atoms with van der Waals surface area (Å²) < 4.78 is 15.4. The maximum Gasteiger partial charge on any atom is 0.262 e. The van der Waals surface area contributed by atoms with E-state index in [4.69, 9.17) is 0 Å². The number of carbonyl (C=O) groups is 1. The lowest BCUT2D eigenvalue weighted by atomic mass is 10.1. The van der Waals surface area contributed by atoms with Crippen molar-refractivity contribution >= 4 is 27.7 Å². The number of para-hydroxylation sites is 1. The molecule has 7 heteroatoms. The van der Waals surface area contributed by atoms with Crippen molar-refractivity contribution in [1.29, 1.82) is 0 Å². The zero-order valence-corrected chi connectivity index (χ0v) is 15.3. The molecule has 2 heterocycles. The molecule has 28 heavy (non-hydrogen) atoms. The van der Waals surface area contributed by atoms with Gasteiger partial charge in [-0.2, -0.15) is 5.10 Å². The highest BCUT2D eigenvalue weighted by Crippen LogP contribution is 2.22. The number of hydrogen-bond acceptors (Lipinski definition) is 3. The summed E-state index contributed by atoms with van der Waals surface area (Å²) in [5, 5.41) is 11.4. The third kappa shape index (κ3) is 3.05. The Bertz CT molecular complexity index is 1240. The van der Waals surface area contributed by atoms with E-state index in [9.17, 15) is 14.0 Å². The molecule has 0 saturated carbocycles. The van der Waals surface area contributed by atoms with Crippen molar-refractivity contribution in [2.24, 2.45) is 0 Å². The molecule has 0 aliphatic carbocycles. The Kier molecular flexibility index (Phi) is 4.65. The minimum Gasteiger partial charge on any atom is -0.352 e. The highest BCUT2D eigenvalue weighted by molar-refractivity contribution is 6.03. The predicted molar refractivity (Wildman–Crippen MR) is 106 cm³/mol. The number of hydrogen-bond donors (Lipinski definition) is 2. The van der Waals surface area contributed by atoms with Gasteiger partial charge >= 0.3 is 0 Å². The van der Waals surface area contributed by atoms with Crippen LogP contribution in [-0.2, 0) is 6.54 Å². The maximum absolute atomic E-state index is 13.7. The lowest BCUT2D eigenvalue weighted by Crippen LogP contribution is -2.28. The first-order valence-electron chi connectivity index (χ1n) is 9.07. The number of nitrogens with zero attached hydrogens (tertiary/aromatic N) is 2. The van der Waals surface area contributed by atoms with Crippen LogP contribution in [0.4, 0.5) is 4.39 Å². The van der Waals surface area contributed by atoms with E-state index in [-0.39, 0.29) is 11.1 Å². The highest BCUT2D eigenvalue weighted by Gasteiger charge is 2.15. The van der Waals surface area contributed by atoms with Crippen LogP contribution in [0.3, 0.4) is 0 Å². The third-order valence-corrected chi connectivity index (χ3v) is 4.82. The van der Waals surface area contributed by atoms with Gasteiger partial charge in [-0.15, -0.1) is 0 Å². The van der Waals surface area contributed by atoms with Crippen LogP contribution in [0.15, 0.2) is 53.3 Å². The molecule has 0 saturated heterocycles. The van der Waals surface area contributed by atoms with E-state index in [0.29, 0.717) is 30.4 Å².